The van der Waals surface area contributed by atoms with Gasteiger partial charge in [-0.3, -0.25) is 4.90 Å². The summed E-state index contributed by atoms with van der Waals surface area (Å²) < 4.78 is 0. The van der Waals surface area contributed by atoms with Gasteiger partial charge in [0.05, 0.1) is 0 Å². The van der Waals surface area contributed by atoms with Crippen molar-refractivity contribution in [3.05, 3.63) is 0 Å². The molecule has 0 aromatic rings. The van der Waals surface area contributed by atoms with Gasteiger partial charge in [0, 0.05) is 31.2 Å². The van der Waals surface area contributed by atoms with Crippen LogP contribution in [-0.2, 0) is 0 Å². The van der Waals surface area contributed by atoms with Gasteiger partial charge in [0.2, 0.25) is 0 Å². The maximum Gasteiger partial charge on any atom is 0.0104 e. The summed E-state index contributed by atoms with van der Waals surface area (Å²) in [4.78, 5) is 5.63. The molecule has 4 atom stereocenters. The zero-order chi connectivity index (χ0) is 13.0. The second kappa shape index (κ2) is 4.46. The molecule has 2 aliphatic heterocycles. The van der Waals surface area contributed by atoms with E-state index in [-0.39, 0.29) is 0 Å². The van der Waals surface area contributed by atoms with E-state index in [4.69, 9.17) is 0 Å². The predicted octanol–water partition coefficient (Wildman–Crippen LogP) is 3.12. The van der Waals surface area contributed by atoms with E-state index in [1.807, 2.05) is 0 Å². The molecule has 0 amide bonds. The van der Waals surface area contributed by atoms with Crippen LogP contribution in [0, 0.1) is 11.3 Å². The molecule has 2 heterocycles. The molecule has 4 fully saturated rings. The minimum absolute atomic E-state index is 0.705. The summed E-state index contributed by atoms with van der Waals surface area (Å²) in [5, 5.41) is 0. The lowest BCUT2D eigenvalue weighted by atomic mass is 9.83. The first kappa shape index (κ1) is 12.6. The Bertz CT molecular complexity index is 353. The molecule has 2 heteroatoms. The van der Waals surface area contributed by atoms with Crippen LogP contribution in [0.25, 0.3) is 0 Å². The Hall–Kier alpha value is -0.0800. The van der Waals surface area contributed by atoms with Crippen LogP contribution in [0.2, 0.25) is 0 Å². The van der Waals surface area contributed by atoms with E-state index < -0.39 is 0 Å². The Morgan fingerprint density at radius 1 is 1.16 bits per heavy atom. The molecule has 2 aliphatic carbocycles. The summed E-state index contributed by atoms with van der Waals surface area (Å²) in [5.41, 5.74) is 0.705. The lowest BCUT2D eigenvalue weighted by Gasteiger charge is -2.37. The van der Waals surface area contributed by atoms with E-state index in [0.717, 1.165) is 24.0 Å². The Morgan fingerprint density at radius 3 is 2.68 bits per heavy atom. The highest BCUT2D eigenvalue weighted by molar-refractivity contribution is 5.04. The number of hydrogen-bond donors (Lipinski definition) is 0. The van der Waals surface area contributed by atoms with Gasteiger partial charge in [0.1, 0.15) is 0 Å². The fraction of sp³-hybridized carbons (Fsp3) is 1.00. The van der Waals surface area contributed by atoms with Gasteiger partial charge in [0.15, 0.2) is 0 Å². The number of likely N-dealkylation sites (tertiary alicyclic amines) is 2. The van der Waals surface area contributed by atoms with Gasteiger partial charge in [-0.25, -0.2) is 0 Å². The van der Waals surface area contributed by atoms with Crippen molar-refractivity contribution in [2.75, 3.05) is 19.6 Å². The van der Waals surface area contributed by atoms with Gasteiger partial charge in [-0.15, -0.1) is 0 Å². The maximum atomic E-state index is 2.84. The summed E-state index contributed by atoms with van der Waals surface area (Å²) in [5.74, 6) is 1.06. The minimum Gasteiger partial charge on any atom is -0.300 e. The van der Waals surface area contributed by atoms with Crippen LogP contribution >= 0.6 is 0 Å². The van der Waals surface area contributed by atoms with E-state index in [0.29, 0.717) is 5.41 Å². The molecule has 0 N–H and O–H groups in total. The third-order valence-electron chi connectivity index (χ3n) is 6.78. The van der Waals surface area contributed by atoms with Crippen LogP contribution < -0.4 is 0 Å². The average molecular weight is 262 g/mol. The number of fused-ring (bicyclic) bond motifs is 4. The van der Waals surface area contributed by atoms with Gasteiger partial charge < -0.3 is 4.90 Å². The van der Waals surface area contributed by atoms with E-state index in [9.17, 15) is 0 Å². The molecule has 2 nitrogen and oxygen atoms in total. The highest BCUT2D eigenvalue weighted by Crippen LogP contribution is 2.51. The van der Waals surface area contributed by atoms with Crippen molar-refractivity contribution in [3.63, 3.8) is 0 Å². The zero-order valence-corrected chi connectivity index (χ0v) is 12.8. The predicted molar refractivity (Wildman–Crippen MR) is 79.2 cm³/mol. The summed E-state index contributed by atoms with van der Waals surface area (Å²) in [6.07, 6.45) is 10.5. The van der Waals surface area contributed by atoms with Gasteiger partial charge in [0.25, 0.3) is 0 Å². The smallest absolute Gasteiger partial charge is 0.0104 e. The van der Waals surface area contributed by atoms with E-state index in [1.165, 1.54) is 64.6 Å². The minimum atomic E-state index is 0.705. The average Bonchev–Trinajstić information content (AvgIpc) is 3.15. The fourth-order valence-electron chi connectivity index (χ4n) is 5.71. The summed E-state index contributed by atoms with van der Waals surface area (Å²) in [6.45, 7) is 9.00. The molecule has 4 aliphatic rings. The van der Waals surface area contributed by atoms with Crippen molar-refractivity contribution >= 4 is 0 Å². The highest BCUT2D eigenvalue weighted by atomic mass is 15.2. The second-order valence-electron chi connectivity index (χ2n) is 8.24. The third kappa shape index (κ3) is 2.06. The molecule has 108 valence electrons. The first-order valence-corrected chi connectivity index (χ1v) is 8.65. The summed E-state index contributed by atoms with van der Waals surface area (Å²) >= 11 is 0. The lowest BCUT2D eigenvalue weighted by molar-refractivity contribution is 0.115. The van der Waals surface area contributed by atoms with Gasteiger partial charge in [-0.1, -0.05) is 0 Å². The Labute approximate surface area is 118 Å². The van der Waals surface area contributed by atoms with Crippen molar-refractivity contribution in [1.82, 2.24) is 9.80 Å². The van der Waals surface area contributed by atoms with E-state index in [2.05, 4.69) is 23.6 Å². The molecular formula is C17H30N2. The summed E-state index contributed by atoms with van der Waals surface area (Å²) in [7, 11) is 0. The normalized spacial score (nSPS) is 45.9. The van der Waals surface area contributed by atoms with Crippen LogP contribution in [0.4, 0.5) is 0 Å². The van der Waals surface area contributed by atoms with Crippen molar-refractivity contribution in [1.29, 1.82) is 0 Å². The van der Waals surface area contributed by atoms with Crippen molar-refractivity contribution < 1.29 is 0 Å². The summed E-state index contributed by atoms with van der Waals surface area (Å²) in [6, 6.07) is 2.66. The fourth-order valence-corrected chi connectivity index (χ4v) is 5.71. The van der Waals surface area contributed by atoms with E-state index in [1.54, 1.807) is 0 Å². The Kier molecular flexibility index (Phi) is 2.97. The quantitative estimate of drug-likeness (QED) is 0.768. The van der Waals surface area contributed by atoms with Gasteiger partial charge in [-0.2, -0.15) is 0 Å². The topological polar surface area (TPSA) is 6.48 Å². The molecule has 4 rings (SSSR count). The van der Waals surface area contributed by atoms with Crippen molar-refractivity contribution in [2.45, 2.75) is 76.9 Å². The highest BCUT2D eigenvalue weighted by Gasteiger charge is 2.50. The number of piperidine rings is 2. The Balaban J connectivity index is 1.36. The van der Waals surface area contributed by atoms with Crippen molar-refractivity contribution in [2.24, 2.45) is 11.3 Å². The molecule has 0 spiro atoms. The lowest BCUT2D eigenvalue weighted by Crippen LogP contribution is -2.41. The molecule has 0 aromatic carbocycles. The zero-order valence-electron chi connectivity index (χ0n) is 12.8. The Morgan fingerprint density at radius 2 is 2.05 bits per heavy atom. The van der Waals surface area contributed by atoms with Crippen LogP contribution in [0.1, 0.15) is 58.8 Å². The van der Waals surface area contributed by atoms with Crippen LogP contribution in [0.15, 0.2) is 0 Å². The molecule has 0 radical (unpaired) electrons. The van der Waals surface area contributed by atoms with Crippen molar-refractivity contribution in [3.8, 4) is 0 Å². The van der Waals surface area contributed by atoms with E-state index >= 15 is 0 Å². The molecule has 19 heavy (non-hydrogen) atoms. The first-order valence-electron chi connectivity index (χ1n) is 8.65. The van der Waals surface area contributed by atoms with Gasteiger partial charge >= 0.3 is 0 Å². The molecule has 2 saturated carbocycles. The first-order chi connectivity index (χ1) is 9.15. The molecule has 0 aromatic heterocycles. The second-order valence-corrected chi connectivity index (χ2v) is 8.24. The van der Waals surface area contributed by atoms with Crippen LogP contribution in [0.5, 0.6) is 0 Å². The number of rotatable bonds is 4. The molecular weight excluding hydrogens is 232 g/mol. The largest absolute Gasteiger partial charge is 0.300 e. The SMILES string of the molecule is CC(C)N1C[C@]2(CCN3C[C@H]4CC[C@@H]3C4)CC[C@H]1C2. The number of nitrogens with zero attached hydrogens (tertiary/aromatic N) is 2. The standard InChI is InChI=1S/C17H30N2/c1-13(2)19-12-17(6-5-16(19)10-17)7-8-18-11-14-3-4-15(18)9-14/h13-16H,3-12H2,1-2H3/t14-,15+,16-,17-/m0/s1. The maximum absolute atomic E-state index is 2.84. The van der Waals surface area contributed by atoms with Crippen LogP contribution in [0.3, 0.4) is 0 Å². The molecule has 0 unspecified atom stereocenters. The van der Waals surface area contributed by atoms with Gasteiger partial charge in [-0.05, 0) is 76.7 Å². The van der Waals surface area contributed by atoms with Crippen LogP contribution in [-0.4, -0.2) is 47.6 Å². The number of hydrogen-bond acceptors (Lipinski definition) is 2. The molecule has 4 bridgehead atoms. The molecule has 2 saturated heterocycles. The monoisotopic (exact) mass is 262 g/mol. The third-order valence-corrected chi connectivity index (χ3v) is 6.78.